The second-order valence-electron chi connectivity index (χ2n) is 8.62. The molecular formula is C25H26N2O3. The van der Waals surface area contributed by atoms with Crippen LogP contribution in [-0.4, -0.2) is 33.6 Å². The van der Waals surface area contributed by atoms with Gasteiger partial charge in [0.05, 0.1) is 12.6 Å². The molecule has 30 heavy (non-hydrogen) atoms. The molecular weight excluding hydrogens is 376 g/mol. The molecule has 2 aliphatic carbocycles. The SMILES string of the molecule is O=C1CCC(=O)N1Cc1ccc(C(=O)N(C2CC2)C2CCCc3ccccc32)cc1. The molecule has 3 amide bonds. The zero-order valence-electron chi connectivity index (χ0n) is 17.0. The summed E-state index contributed by atoms with van der Waals surface area (Å²) in [4.78, 5) is 40.6. The van der Waals surface area contributed by atoms with Crippen LogP contribution in [0.15, 0.2) is 48.5 Å². The van der Waals surface area contributed by atoms with Crippen molar-refractivity contribution in [1.82, 2.24) is 9.80 Å². The van der Waals surface area contributed by atoms with Gasteiger partial charge in [-0.05, 0) is 60.9 Å². The van der Waals surface area contributed by atoms with Gasteiger partial charge >= 0.3 is 0 Å². The Labute approximate surface area is 176 Å². The number of nitrogens with zero attached hydrogens (tertiary/aromatic N) is 2. The van der Waals surface area contributed by atoms with Crippen molar-refractivity contribution in [3.63, 3.8) is 0 Å². The average Bonchev–Trinajstić information content (AvgIpc) is 3.56. The summed E-state index contributed by atoms with van der Waals surface area (Å²) >= 11 is 0. The molecule has 0 radical (unpaired) electrons. The van der Waals surface area contributed by atoms with E-state index in [-0.39, 0.29) is 30.3 Å². The number of carbonyl (C=O) groups is 3. The van der Waals surface area contributed by atoms with Crippen molar-refractivity contribution in [3.8, 4) is 0 Å². The van der Waals surface area contributed by atoms with Crippen LogP contribution < -0.4 is 0 Å². The lowest BCUT2D eigenvalue weighted by Crippen LogP contribution is -2.38. The van der Waals surface area contributed by atoms with Crippen LogP contribution in [0.2, 0.25) is 0 Å². The van der Waals surface area contributed by atoms with Gasteiger partial charge in [0.1, 0.15) is 0 Å². The first-order chi connectivity index (χ1) is 14.6. The number of imide groups is 1. The van der Waals surface area contributed by atoms with E-state index in [1.165, 1.54) is 16.0 Å². The van der Waals surface area contributed by atoms with Crippen molar-refractivity contribution in [2.75, 3.05) is 0 Å². The second-order valence-corrected chi connectivity index (χ2v) is 8.62. The Kier molecular flexibility index (Phi) is 4.89. The summed E-state index contributed by atoms with van der Waals surface area (Å²) in [6, 6.07) is 16.4. The second kappa shape index (κ2) is 7.71. The number of amides is 3. The van der Waals surface area contributed by atoms with E-state index in [1.807, 2.05) is 24.3 Å². The van der Waals surface area contributed by atoms with Crippen LogP contribution in [-0.2, 0) is 22.6 Å². The molecule has 1 saturated heterocycles. The Morgan fingerprint density at radius 1 is 0.900 bits per heavy atom. The van der Waals surface area contributed by atoms with Crippen LogP contribution in [0.3, 0.4) is 0 Å². The van der Waals surface area contributed by atoms with Gasteiger partial charge in [-0.1, -0.05) is 36.4 Å². The average molecular weight is 402 g/mol. The van der Waals surface area contributed by atoms with Crippen LogP contribution in [0, 0.1) is 0 Å². The normalized spacial score (nSPS) is 20.9. The highest BCUT2D eigenvalue weighted by molar-refractivity contribution is 6.01. The number of hydrogen-bond acceptors (Lipinski definition) is 3. The lowest BCUT2D eigenvalue weighted by molar-refractivity contribution is -0.139. The molecule has 5 rings (SSSR count). The molecule has 2 fully saturated rings. The molecule has 5 nitrogen and oxygen atoms in total. The number of rotatable bonds is 5. The van der Waals surface area contributed by atoms with E-state index in [2.05, 4.69) is 29.2 Å². The van der Waals surface area contributed by atoms with Crippen LogP contribution in [0.1, 0.15) is 71.6 Å². The standard InChI is InChI=1S/C25H26N2O3/c28-23-14-15-24(29)26(23)16-17-8-10-19(11-9-17)25(30)27(20-12-13-20)22-7-3-5-18-4-1-2-6-21(18)22/h1-2,4,6,8-11,20,22H,3,5,7,12-16H2. The largest absolute Gasteiger partial charge is 0.329 e. The molecule has 0 bridgehead atoms. The van der Waals surface area contributed by atoms with Crippen molar-refractivity contribution >= 4 is 17.7 Å². The zero-order chi connectivity index (χ0) is 20.7. The highest BCUT2D eigenvalue weighted by atomic mass is 16.2. The Balaban J connectivity index is 1.37. The topological polar surface area (TPSA) is 57.7 Å². The van der Waals surface area contributed by atoms with Gasteiger partial charge < -0.3 is 4.90 Å². The fourth-order valence-electron chi connectivity index (χ4n) is 4.82. The number of fused-ring (bicyclic) bond motifs is 1. The van der Waals surface area contributed by atoms with Crippen LogP contribution in [0.4, 0.5) is 0 Å². The number of aryl methyl sites for hydroxylation is 1. The third-order valence-corrected chi connectivity index (χ3v) is 6.54. The van der Waals surface area contributed by atoms with Crippen molar-refractivity contribution in [3.05, 3.63) is 70.8 Å². The molecule has 1 saturated carbocycles. The monoisotopic (exact) mass is 402 g/mol. The smallest absolute Gasteiger partial charge is 0.254 e. The minimum atomic E-state index is -0.115. The first kappa shape index (κ1) is 19.0. The van der Waals surface area contributed by atoms with Gasteiger partial charge in [0, 0.05) is 24.4 Å². The molecule has 5 heteroatoms. The van der Waals surface area contributed by atoms with Gasteiger partial charge in [0.15, 0.2) is 0 Å². The van der Waals surface area contributed by atoms with Crippen LogP contribution >= 0.6 is 0 Å². The maximum Gasteiger partial charge on any atom is 0.254 e. The van der Waals surface area contributed by atoms with E-state index in [0.29, 0.717) is 24.4 Å². The summed E-state index contributed by atoms with van der Waals surface area (Å²) in [5.41, 5.74) is 4.21. The summed E-state index contributed by atoms with van der Waals surface area (Å²) in [6.07, 6.45) is 5.94. The number of hydrogen-bond donors (Lipinski definition) is 0. The minimum Gasteiger partial charge on any atom is -0.329 e. The molecule has 154 valence electrons. The maximum absolute atomic E-state index is 13.5. The third kappa shape index (κ3) is 3.53. The van der Waals surface area contributed by atoms with E-state index in [0.717, 1.165) is 37.7 Å². The maximum atomic E-state index is 13.5. The van der Waals surface area contributed by atoms with Gasteiger partial charge in [-0.15, -0.1) is 0 Å². The molecule has 2 aromatic carbocycles. The Morgan fingerprint density at radius 3 is 2.30 bits per heavy atom. The highest BCUT2D eigenvalue weighted by Crippen LogP contribution is 2.41. The quantitative estimate of drug-likeness (QED) is 0.710. The summed E-state index contributed by atoms with van der Waals surface area (Å²) in [7, 11) is 0. The third-order valence-electron chi connectivity index (χ3n) is 6.54. The predicted octanol–water partition coefficient (Wildman–Crippen LogP) is 4.02. The summed E-state index contributed by atoms with van der Waals surface area (Å²) < 4.78 is 0. The van der Waals surface area contributed by atoms with Crippen molar-refractivity contribution in [2.24, 2.45) is 0 Å². The molecule has 1 aliphatic heterocycles. The molecule has 3 aliphatic rings. The predicted molar refractivity (Wildman–Crippen MR) is 113 cm³/mol. The Morgan fingerprint density at radius 2 is 1.60 bits per heavy atom. The molecule has 1 atom stereocenters. The summed E-state index contributed by atoms with van der Waals surface area (Å²) in [6.45, 7) is 0.286. The number of carbonyl (C=O) groups excluding carboxylic acids is 3. The van der Waals surface area contributed by atoms with Gasteiger partial charge in [0.25, 0.3) is 5.91 Å². The molecule has 1 heterocycles. The van der Waals surface area contributed by atoms with Crippen molar-refractivity contribution in [2.45, 2.75) is 63.6 Å². The summed E-state index contributed by atoms with van der Waals surface area (Å²) in [5, 5.41) is 0. The van der Waals surface area contributed by atoms with Gasteiger partial charge in [-0.2, -0.15) is 0 Å². The Bertz CT molecular complexity index is 978. The van der Waals surface area contributed by atoms with E-state index in [4.69, 9.17) is 0 Å². The molecule has 0 N–H and O–H groups in total. The molecule has 0 spiro atoms. The van der Waals surface area contributed by atoms with Crippen LogP contribution in [0.25, 0.3) is 0 Å². The van der Waals surface area contributed by atoms with E-state index in [1.54, 1.807) is 0 Å². The first-order valence-corrected chi connectivity index (χ1v) is 10.9. The Hall–Kier alpha value is -2.95. The lowest BCUT2D eigenvalue weighted by atomic mass is 9.86. The van der Waals surface area contributed by atoms with Crippen molar-refractivity contribution < 1.29 is 14.4 Å². The van der Waals surface area contributed by atoms with Crippen molar-refractivity contribution in [1.29, 1.82) is 0 Å². The van der Waals surface area contributed by atoms with Gasteiger partial charge in [0.2, 0.25) is 11.8 Å². The summed E-state index contributed by atoms with van der Waals surface area (Å²) in [5.74, 6) is -0.147. The van der Waals surface area contributed by atoms with Crippen LogP contribution in [0.5, 0.6) is 0 Å². The minimum absolute atomic E-state index is 0.0825. The van der Waals surface area contributed by atoms with E-state index >= 15 is 0 Å². The number of likely N-dealkylation sites (tertiary alicyclic amines) is 1. The highest BCUT2D eigenvalue weighted by Gasteiger charge is 2.39. The van der Waals surface area contributed by atoms with Gasteiger partial charge in [-0.25, -0.2) is 0 Å². The fourth-order valence-corrected chi connectivity index (χ4v) is 4.82. The molecule has 1 unspecified atom stereocenters. The fraction of sp³-hybridized carbons (Fsp3) is 0.400. The van der Waals surface area contributed by atoms with Gasteiger partial charge in [-0.3, -0.25) is 19.3 Å². The number of benzene rings is 2. The lowest BCUT2D eigenvalue weighted by Gasteiger charge is -2.36. The van der Waals surface area contributed by atoms with E-state index in [9.17, 15) is 14.4 Å². The molecule has 2 aromatic rings. The van der Waals surface area contributed by atoms with E-state index < -0.39 is 0 Å². The zero-order valence-corrected chi connectivity index (χ0v) is 17.0. The molecule has 0 aromatic heterocycles. The first-order valence-electron chi connectivity index (χ1n) is 10.9.